The van der Waals surface area contributed by atoms with Gasteiger partial charge in [-0.15, -0.1) is 0 Å². The summed E-state index contributed by atoms with van der Waals surface area (Å²) in [6, 6.07) is 15.8. The summed E-state index contributed by atoms with van der Waals surface area (Å²) in [5, 5.41) is 5.03. The van der Waals surface area contributed by atoms with E-state index in [0.29, 0.717) is 6.54 Å². The van der Waals surface area contributed by atoms with E-state index in [1.165, 1.54) is 0 Å². The van der Waals surface area contributed by atoms with Crippen LogP contribution in [0.25, 0.3) is 0 Å². The summed E-state index contributed by atoms with van der Waals surface area (Å²) in [6.07, 6.45) is 0. The summed E-state index contributed by atoms with van der Waals surface area (Å²) in [5.74, 6) is -0.0870. The molecule has 0 saturated carbocycles. The van der Waals surface area contributed by atoms with Crippen molar-refractivity contribution in [2.75, 3.05) is 32.7 Å². The van der Waals surface area contributed by atoms with E-state index in [4.69, 9.17) is 11.6 Å². The highest BCUT2D eigenvalue weighted by Gasteiger charge is 2.19. The molecular weight excluding hydrogens is 440 g/mol. The molecule has 1 heterocycles. The SMILES string of the molecule is C/C(=N\NC(=O)CN1CCN(Cc2ccccc2Cl)CC1)c1ccc(Br)cc1. The molecule has 0 bridgehead atoms. The predicted octanol–water partition coefficient (Wildman–Crippen LogP) is 3.76. The first-order valence-electron chi connectivity index (χ1n) is 9.28. The number of rotatable bonds is 6. The van der Waals surface area contributed by atoms with Gasteiger partial charge in [0.25, 0.3) is 5.91 Å². The molecule has 148 valence electrons. The molecule has 0 unspecified atom stereocenters. The number of benzene rings is 2. The minimum atomic E-state index is -0.0870. The normalized spacial score (nSPS) is 16.2. The van der Waals surface area contributed by atoms with Crippen LogP contribution in [-0.2, 0) is 11.3 Å². The smallest absolute Gasteiger partial charge is 0.254 e. The van der Waals surface area contributed by atoms with Gasteiger partial charge < -0.3 is 0 Å². The highest BCUT2D eigenvalue weighted by molar-refractivity contribution is 9.10. The van der Waals surface area contributed by atoms with Gasteiger partial charge in [0.1, 0.15) is 0 Å². The van der Waals surface area contributed by atoms with Crippen molar-refractivity contribution in [1.82, 2.24) is 15.2 Å². The minimum Gasteiger partial charge on any atom is -0.296 e. The van der Waals surface area contributed by atoms with Gasteiger partial charge in [-0.25, -0.2) is 5.43 Å². The number of hydrazone groups is 1. The molecule has 0 aromatic heterocycles. The number of hydrogen-bond acceptors (Lipinski definition) is 4. The molecule has 2 aromatic rings. The highest BCUT2D eigenvalue weighted by atomic mass is 79.9. The Labute approximate surface area is 179 Å². The molecule has 0 atom stereocenters. The van der Waals surface area contributed by atoms with Crippen LogP contribution in [0.3, 0.4) is 0 Å². The van der Waals surface area contributed by atoms with Gasteiger partial charge in [-0.2, -0.15) is 5.10 Å². The van der Waals surface area contributed by atoms with E-state index in [-0.39, 0.29) is 5.91 Å². The summed E-state index contributed by atoms with van der Waals surface area (Å²) in [7, 11) is 0. The molecule has 1 fully saturated rings. The molecule has 0 aliphatic carbocycles. The maximum atomic E-state index is 12.2. The maximum Gasteiger partial charge on any atom is 0.254 e. The van der Waals surface area contributed by atoms with Crippen LogP contribution >= 0.6 is 27.5 Å². The first-order chi connectivity index (χ1) is 13.5. The third-order valence-electron chi connectivity index (χ3n) is 4.79. The zero-order valence-corrected chi connectivity index (χ0v) is 18.2. The Balaban J connectivity index is 1.43. The number of carbonyl (C=O) groups is 1. The van der Waals surface area contributed by atoms with Crippen LogP contribution in [0, 0.1) is 0 Å². The van der Waals surface area contributed by atoms with Crippen LogP contribution in [0.1, 0.15) is 18.1 Å². The van der Waals surface area contributed by atoms with Crippen LogP contribution in [0.4, 0.5) is 0 Å². The summed E-state index contributed by atoms with van der Waals surface area (Å²) in [5.41, 5.74) is 5.58. The molecule has 1 N–H and O–H groups in total. The summed E-state index contributed by atoms with van der Waals surface area (Å²) in [6.45, 7) is 6.63. The van der Waals surface area contributed by atoms with E-state index >= 15 is 0 Å². The Kier molecular flexibility index (Phi) is 7.62. The summed E-state index contributed by atoms with van der Waals surface area (Å²) >= 11 is 9.66. The minimum absolute atomic E-state index is 0.0870. The number of piperazine rings is 1. The van der Waals surface area contributed by atoms with Crippen LogP contribution in [-0.4, -0.2) is 54.1 Å². The zero-order valence-electron chi connectivity index (χ0n) is 15.9. The fourth-order valence-electron chi connectivity index (χ4n) is 3.11. The van der Waals surface area contributed by atoms with Gasteiger partial charge in [0, 0.05) is 42.2 Å². The van der Waals surface area contributed by atoms with Crippen molar-refractivity contribution in [3.05, 3.63) is 69.2 Å². The maximum absolute atomic E-state index is 12.2. The predicted molar refractivity (Wildman–Crippen MR) is 118 cm³/mol. The number of halogens is 2. The largest absolute Gasteiger partial charge is 0.296 e. The molecule has 7 heteroatoms. The average Bonchev–Trinajstić information content (AvgIpc) is 2.70. The number of nitrogens with zero attached hydrogens (tertiary/aromatic N) is 3. The van der Waals surface area contributed by atoms with E-state index in [1.54, 1.807) is 0 Å². The molecule has 1 aliphatic rings. The lowest BCUT2D eigenvalue weighted by Crippen LogP contribution is -2.48. The van der Waals surface area contributed by atoms with E-state index in [9.17, 15) is 4.79 Å². The molecule has 1 amide bonds. The lowest BCUT2D eigenvalue weighted by Gasteiger charge is -2.34. The van der Waals surface area contributed by atoms with E-state index in [1.807, 2.05) is 49.4 Å². The first kappa shape index (κ1) is 21.0. The second-order valence-electron chi connectivity index (χ2n) is 6.88. The summed E-state index contributed by atoms with van der Waals surface area (Å²) in [4.78, 5) is 16.7. The standard InChI is InChI=1S/C21H24BrClN4O/c1-16(17-6-8-19(22)9-7-17)24-25-21(28)15-27-12-10-26(11-13-27)14-18-4-2-3-5-20(18)23/h2-9H,10-15H2,1H3,(H,25,28)/b24-16+. The van der Waals surface area contributed by atoms with E-state index < -0.39 is 0 Å². The molecule has 5 nitrogen and oxygen atoms in total. The quantitative estimate of drug-likeness (QED) is 0.524. The van der Waals surface area contributed by atoms with E-state index in [0.717, 1.165) is 59.1 Å². The van der Waals surface area contributed by atoms with E-state index in [2.05, 4.69) is 42.3 Å². The molecule has 2 aromatic carbocycles. The topological polar surface area (TPSA) is 47.9 Å². The highest BCUT2D eigenvalue weighted by Crippen LogP contribution is 2.17. The van der Waals surface area contributed by atoms with Crippen molar-refractivity contribution in [2.24, 2.45) is 5.10 Å². The van der Waals surface area contributed by atoms with Gasteiger partial charge in [-0.3, -0.25) is 14.6 Å². The third-order valence-corrected chi connectivity index (χ3v) is 5.69. The lowest BCUT2D eigenvalue weighted by molar-refractivity contribution is -0.122. The average molecular weight is 464 g/mol. The van der Waals surface area contributed by atoms with Gasteiger partial charge in [-0.05, 0) is 36.2 Å². The Morgan fingerprint density at radius 2 is 1.71 bits per heavy atom. The van der Waals surface area contributed by atoms with Gasteiger partial charge in [0.15, 0.2) is 0 Å². The Morgan fingerprint density at radius 1 is 1.07 bits per heavy atom. The van der Waals surface area contributed by atoms with Crippen molar-refractivity contribution < 1.29 is 4.79 Å². The number of carbonyl (C=O) groups excluding carboxylic acids is 1. The zero-order chi connectivity index (χ0) is 19.9. The molecular formula is C21H24BrClN4O. The third kappa shape index (κ3) is 6.14. The van der Waals surface area contributed by atoms with Gasteiger partial charge in [-0.1, -0.05) is 57.9 Å². The van der Waals surface area contributed by atoms with Gasteiger partial charge in [0.05, 0.1) is 12.3 Å². The second kappa shape index (κ2) is 10.2. The fourth-order valence-corrected chi connectivity index (χ4v) is 3.57. The van der Waals surface area contributed by atoms with Gasteiger partial charge in [0.2, 0.25) is 0 Å². The second-order valence-corrected chi connectivity index (χ2v) is 8.21. The van der Waals surface area contributed by atoms with Gasteiger partial charge >= 0.3 is 0 Å². The van der Waals surface area contributed by atoms with Crippen LogP contribution in [0.2, 0.25) is 5.02 Å². The van der Waals surface area contributed by atoms with Crippen molar-refractivity contribution >= 4 is 39.1 Å². The number of amides is 1. The van der Waals surface area contributed by atoms with Crippen molar-refractivity contribution in [3.63, 3.8) is 0 Å². The molecule has 1 aliphatic heterocycles. The number of hydrogen-bond donors (Lipinski definition) is 1. The Hall–Kier alpha value is -1.73. The van der Waals surface area contributed by atoms with Crippen molar-refractivity contribution in [2.45, 2.75) is 13.5 Å². The Morgan fingerprint density at radius 3 is 2.39 bits per heavy atom. The van der Waals surface area contributed by atoms with Crippen LogP contribution in [0.5, 0.6) is 0 Å². The van der Waals surface area contributed by atoms with Crippen molar-refractivity contribution in [3.8, 4) is 0 Å². The molecule has 0 spiro atoms. The monoisotopic (exact) mass is 462 g/mol. The fraction of sp³-hybridized carbons (Fsp3) is 0.333. The van der Waals surface area contributed by atoms with Crippen LogP contribution < -0.4 is 5.43 Å². The van der Waals surface area contributed by atoms with Crippen molar-refractivity contribution in [1.29, 1.82) is 0 Å². The summed E-state index contributed by atoms with van der Waals surface area (Å²) < 4.78 is 1.02. The number of nitrogens with one attached hydrogen (secondary N) is 1. The first-order valence-corrected chi connectivity index (χ1v) is 10.5. The Bertz CT molecular complexity index is 833. The van der Waals surface area contributed by atoms with Crippen LogP contribution in [0.15, 0.2) is 58.1 Å². The molecule has 3 rings (SSSR count). The molecule has 1 saturated heterocycles. The lowest BCUT2D eigenvalue weighted by atomic mass is 10.1. The molecule has 0 radical (unpaired) electrons. The molecule has 28 heavy (non-hydrogen) atoms.